The summed E-state index contributed by atoms with van der Waals surface area (Å²) in [5.41, 5.74) is 6.03. The van der Waals surface area contributed by atoms with Crippen molar-refractivity contribution in [1.29, 1.82) is 0 Å². The van der Waals surface area contributed by atoms with Gasteiger partial charge < -0.3 is 10.5 Å². The molecule has 18 heavy (non-hydrogen) atoms. The zero-order valence-corrected chi connectivity index (χ0v) is 12.0. The Morgan fingerprint density at radius 1 is 1.11 bits per heavy atom. The van der Waals surface area contributed by atoms with E-state index in [-0.39, 0.29) is 5.54 Å². The fourth-order valence-corrected chi connectivity index (χ4v) is 3.00. The number of nitrogens with zero attached hydrogens (tertiary/aromatic N) is 2. The van der Waals surface area contributed by atoms with E-state index in [4.69, 9.17) is 10.5 Å². The summed E-state index contributed by atoms with van der Waals surface area (Å²) in [6.07, 6.45) is 2.64. The molecule has 2 aliphatic rings. The molecule has 106 valence electrons. The van der Waals surface area contributed by atoms with Crippen LogP contribution in [0, 0.1) is 5.92 Å². The lowest BCUT2D eigenvalue weighted by atomic mass is 9.92. The molecule has 0 saturated carbocycles. The van der Waals surface area contributed by atoms with Gasteiger partial charge in [-0.2, -0.15) is 0 Å². The van der Waals surface area contributed by atoms with E-state index in [0.29, 0.717) is 0 Å². The lowest BCUT2D eigenvalue weighted by Crippen LogP contribution is -2.53. The first kappa shape index (κ1) is 14.3. The van der Waals surface area contributed by atoms with Gasteiger partial charge in [0.15, 0.2) is 0 Å². The van der Waals surface area contributed by atoms with Gasteiger partial charge in [-0.3, -0.25) is 9.80 Å². The summed E-state index contributed by atoms with van der Waals surface area (Å²) < 4.78 is 5.40. The molecule has 0 aliphatic carbocycles. The highest BCUT2D eigenvalue weighted by Gasteiger charge is 2.30. The van der Waals surface area contributed by atoms with Gasteiger partial charge >= 0.3 is 0 Å². The predicted molar refractivity (Wildman–Crippen MR) is 74.7 cm³/mol. The van der Waals surface area contributed by atoms with E-state index >= 15 is 0 Å². The number of rotatable bonds is 4. The van der Waals surface area contributed by atoms with Crippen molar-refractivity contribution in [2.45, 2.75) is 32.2 Å². The Labute approximate surface area is 111 Å². The SMILES string of the molecule is CC(C)(CN)N1CCC(CN2CCOCC2)CC1. The van der Waals surface area contributed by atoms with Gasteiger partial charge in [-0.1, -0.05) is 0 Å². The Bertz CT molecular complexity index is 243. The van der Waals surface area contributed by atoms with Crippen LogP contribution in [0.15, 0.2) is 0 Å². The molecule has 4 nitrogen and oxygen atoms in total. The number of hydrogen-bond acceptors (Lipinski definition) is 4. The summed E-state index contributed by atoms with van der Waals surface area (Å²) in [7, 11) is 0. The number of nitrogens with two attached hydrogens (primary N) is 1. The van der Waals surface area contributed by atoms with Gasteiger partial charge in [-0.25, -0.2) is 0 Å². The molecule has 0 spiro atoms. The maximum absolute atomic E-state index is 5.86. The van der Waals surface area contributed by atoms with Crippen molar-refractivity contribution in [1.82, 2.24) is 9.80 Å². The smallest absolute Gasteiger partial charge is 0.0594 e. The van der Waals surface area contributed by atoms with Crippen molar-refractivity contribution >= 4 is 0 Å². The number of likely N-dealkylation sites (tertiary alicyclic amines) is 1. The number of piperidine rings is 1. The normalized spacial score (nSPS) is 25.5. The first-order valence-corrected chi connectivity index (χ1v) is 7.37. The first-order valence-electron chi connectivity index (χ1n) is 7.37. The average Bonchev–Trinajstić information content (AvgIpc) is 2.40. The second-order valence-corrected chi connectivity index (χ2v) is 6.36. The summed E-state index contributed by atoms with van der Waals surface area (Å²) in [5, 5.41) is 0. The molecule has 2 rings (SSSR count). The number of morpholine rings is 1. The molecule has 2 fully saturated rings. The van der Waals surface area contributed by atoms with Gasteiger partial charge in [0.1, 0.15) is 0 Å². The molecule has 0 radical (unpaired) electrons. The minimum Gasteiger partial charge on any atom is -0.379 e. The standard InChI is InChI=1S/C14H29N3O/c1-14(2,12-15)17-5-3-13(4-6-17)11-16-7-9-18-10-8-16/h13H,3-12,15H2,1-2H3. The van der Waals surface area contributed by atoms with Gasteiger partial charge in [-0.05, 0) is 45.7 Å². The minimum atomic E-state index is 0.171. The second kappa shape index (κ2) is 6.33. The maximum atomic E-state index is 5.86. The van der Waals surface area contributed by atoms with Gasteiger partial charge in [0.2, 0.25) is 0 Å². The van der Waals surface area contributed by atoms with Crippen molar-refractivity contribution in [3.63, 3.8) is 0 Å². The first-order chi connectivity index (χ1) is 8.62. The van der Waals surface area contributed by atoms with Crippen LogP contribution in [0.3, 0.4) is 0 Å². The van der Waals surface area contributed by atoms with Crippen LogP contribution in [-0.2, 0) is 4.74 Å². The van der Waals surface area contributed by atoms with Gasteiger partial charge in [0, 0.05) is 31.7 Å². The molecule has 0 amide bonds. The molecule has 0 atom stereocenters. The fourth-order valence-electron chi connectivity index (χ4n) is 3.00. The summed E-state index contributed by atoms with van der Waals surface area (Å²) in [4.78, 5) is 5.13. The topological polar surface area (TPSA) is 41.7 Å². The highest BCUT2D eigenvalue weighted by Crippen LogP contribution is 2.24. The third kappa shape index (κ3) is 3.67. The predicted octanol–water partition coefficient (Wildman–Crippen LogP) is 0.768. The van der Waals surface area contributed by atoms with Gasteiger partial charge in [0.05, 0.1) is 13.2 Å². The highest BCUT2D eigenvalue weighted by atomic mass is 16.5. The highest BCUT2D eigenvalue weighted by molar-refractivity contribution is 4.86. The Balaban J connectivity index is 1.73. The van der Waals surface area contributed by atoms with Crippen LogP contribution in [0.1, 0.15) is 26.7 Å². The van der Waals surface area contributed by atoms with Crippen LogP contribution in [-0.4, -0.2) is 67.8 Å². The van der Waals surface area contributed by atoms with Gasteiger partial charge in [-0.15, -0.1) is 0 Å². The molecular formula is C14H29N3O. The summed E-state index contributed by atoms with van der Waals surface area (Å²) >= 11 is 0. The van der Waals surface area contributed by atoms with Crippen LogP contribution < -0.4 is 5.73 Å². The van der Waals surface area contributed by atoms with E-state index in [2.05, 4.69) is 23.6 Å². The third-order valence-electron chi connectivity index (χ3n) is 4.59. The van der Waals surface area contributed by atoms with E-state index in [1.165, 1.54) is 32.5 Å². The number of ether oxygens (including phenoxy) is 1. The zero-order chi connectivity index (χ0) is 13.0. The van der Waals surface area contributed by atoms with E-state index in [9.17, 15) is 0 Å². The summed E-state index contributed by atoms with van der Waals surface area (Å²) in [6.45, 7) is 13.0. The second-order valence-electron chi connectivity index (χ2n) is 6.36. The van der Waals surface area contributed by atoms with E-state index in [1.807, 2.05) is 0 Å². The van der Waals surface area contributed by atoms with Crippen molar-refractivity contribution in [2.24, 2.45) is 11.7 Å². The number of hydrogen-bond donors (Lipinski definition) is 1. The largest absolute Gasteiger partial charge is 0.379 e. The maximum Gasteiger partial charge on any atom is 0.0594 e. The Morgan fingerprint density at radius 2 is 1.72 bits per heavy atom. The molecule has 2 aliphatic heterocycles. The molecule has 2 saturated heterocycles. The van der Waals surface area contributed by atoms with Crippen molar-refractivity contribution in [3.8, 4) is 0 Å². The van der Waals surface area contributed by atoms with Crippen LogP contribution in [0.5, 0.6) is 0 Å². The molecular weight excluding hydrogens is 226 g/mol. The Kier molecular flexibility index (Phi) is 5.01. The van der Waals surface area contributed by atoms with Gasteiger partial charge in [0.25, 0.3) is 0 Å². The third-order valence-corrected chi connectivity index (χ3v) is 4.59. The van der Waals surface area contributed by atoms with Crippen molar-refractivity contribution in [3.05, 3.63) is 0 Å². The van der Waals surface area contributed by atoms with E-state index < -0.39 is 0 Å². The minimum absolute atomic E-state index is 0.171. The van der Waals surface area contributed by atoms with Crippen LogP contribution in [0.2, 0.25) is 0 Å². The van der Waals surface area contributed by atoms with Crippen LogP contribution in [0.4, 0.5) is 0 Å². The van der Waals surface area contributed by atoms with Crippen molar-refractivity contribution < 1.29 is 4.74 Å². The lowest BCUT2D eigenvalue weighted by molar-refractivity contribution is 0.0175. The van der Waals surface area contributed by atoms with E-state index in [0.717, 1.165) is 38.8 Å². The quantitative estimate of drug-likeness (QED) is 0.805. The molecule has 4 heteroatoms. The molecule has 2 N–H and O–H groups in total. The molecule has 0 unspecified atom stereocenters. The zero-order valence-electron chi connectivity index (χ0n) is 12.0. The Morgan fingerprint density at radius 3 is 2.28 bits per heavy atom. The summed E-state index contributed by atoms with van der Waals surface area (Å²) in [6, 6.07) is 0. The molecule has 0 aromatic heterocycles. The fraction of sp³-hybridized carbons (Fsp3) is 1.00. The van der Waals surface area contributed by atoms with Crippen LogP contribution >= 0.6 is 0 Å². The lowest BCUT2D eigenvalue weighted by Gasteiger charge is -2.43. The molecule has 2 heterocycles. The van der Waals surface area contributed by atoms with Crippen LogP contribution in [0.25, 0.3) is 0 Å². The van der Waals surface area contributed by atoms with Crippen molar-refractivity contribution in [2.75, 3.05) is 52.5 Å². The molecule has 0 bridgehead atoms. The molecule has 0 aromatic carbocycles. The van der Waals surface area contributed by atoms with E-state index in [1.54, 1.807) is 0 Å². The monoisotopic (exact) mass is 255 g/mol. The Hall–Kier alpha value is -0.160. The summed E-state index contributed by atoms with van der Waals surface area (Å²) in [5.74, 6) is 0.868. The average molecular weight is 255 g/mol. The molecule has 0 aromatic rings.